The van der Waals surface area contributed by atoms with Gasteiger partial charge >= 0.3 is 0 Å². The summed E-state index contributed by atoms with van der Waals surface area (Å²) in [6.45, 7) is -0.326. The molecular formula is C14H7Cl6NO2. The topological polar surface area (TPSA) is 38.3 Å². The van der Waals surface area contributed by atoms with E-state index in [1.807, 2.05) is 0 Å². The smallest absolute Gasteiger partial charge is 0.262 e. The molecule has 3 nitrogen and oxygen atoms in total. The summed E-state index contributed by atoms with van der Waals surface area (Å²) < 4.78 is 5.31. The molecule has 0 aliphatic heterocycles. The van der Waals surface area contributed by atoms with Crippen LogP contribution in [0.2, 0.25) is 30.1 Å². The highest BCUT2D eigenvalue weighted by atomic mass is 35.5. The molecule has 0 heterocycles. The van der Waals surface area contributed by atoms with Crippen molar-refractivity contribution in [3.63, 3.8) is 0 Å². The molecule has 1 amide bonds. The SMILES string of the molecule is O=C(COc1cc(Cl)c(Cl)cc1Cl)Nc1c(Cl)cc(Cl)cc1Cl. The highest BCUT2D eigenvalue weighted by Gasteiger charge is 2.13. The number of rotatable bonds is 4. The Bertz CT molecular complexity index is 742. The van der Waals surface area contributed by atoms with Gasteiger partial charge in [-0.2, -0.15) is 0 Å². The summed E-state index contributed by atoms with van der Waals surface area (Å²) in [4.78, 5) is 11.9. The van der Waals surface area contributed by atoms with E-state index in [0.29, 0.717) is 5.02 Å². The van der Waals surface area contributed by atoms with Crippen LogP contribution in [-0.4, -0.2) is 12.5 Å². The molecule has 0 unspecified atom stereocenters. The van der Waals surface area contributed by atoms with Crippen LogP contribution in [0.1, 0.15) is 0 Å². The Hall–Kier alpha value is -0.550. The van der Waals surface area contributed by atoms with E-state index in [0.717, 1.165) is 0 Å². The van der Waals surface area contributed by atoms with Crippen molar-refractivity contribution in [2.24, 2.45) is 0 Å². The lowest BCUT2D eigenvalue weighted by molar-refractivity contribution is -0.118. The maximum Gasteiger partial charge on any atom is 0.262 e. The Morgan fingerprint density at radius 3 is 2.00 bits per heavy atom. The number of amides is 1. The fourth-order valence-corrected chi connectivity index (χ4v) is 3.10. The zero-order valence-electron chi connectivity index (χ0n) is 11.1. The van der Waals surface area contributed by atoms with Crippen LogP contribution >= 0.6 is 69.6 Å². The molecule has 0 fully saturated rings. The first-order valence-corrected chi connectivity index (χ1v) is 8.26. The highest BCUT2D eigenvalue weighted by molar-refractivity contribution is 6.44. The molecule has 2 rings (SSSR count). The number of halogens is 6. The first-order valence-electron chi connectivity index (χ1n) is 5.99. The van der Waals surface area contributed by atoms with E-state index in [9.17, 15) is 4.79 Å². The first kappa shape index (κ1) is 18.8. The van der Waals surface area contributed by atoms with Crippen LogP contribution in [0.4, 0.5) is 5.69 Å². The second kappa shape index (κ2) is 8.02. The maximum atomic E-state index is 11.9. The minimum absolute atomic E-state index is 0.211. The van der Waals surface area contributed by atoms with Crippen LogP contribution in [0.25, 0.3) is 0 Å². The van der Waals surface area contributed by atoms with Gasteiger partial charge in [-0.05, 0) is 18.2 Å². The Balaban J connectivity index is 2.05. The van der Waals surface area contributed by atoms with Gasteiger partial charge < -0.3 is 10.1 Å². The quantitative estimate of drug-likeness (QED) is 0.550. The Labute approximate surface area is 162 Å². The number of hydrogen-bond donors (Lipinski definition) is 1. The molecule has 0 saturated carbocycles. The fourth-order valence-electron chi connectivity index (χ4n) is 1.60. The lowest BCUT2D eigenvalue weighted by Crippen LogP contribution is -2.20. The second-order valence-corrected chi connectivity index (χ2v) is 6.75. The number of ether oxygens (including phenoxy) is 1. The van der Waals surface area contributed by atoms with Crippen LogP contribution in [0.15, 0.2) is 24.3 Å². The van der Waals surface area contributed by atoms with Crippen LogP contribution in [0.3, 0.4) is 0 Å². The van der Waals surface area contributed by atoms with Gasteiger partial charge in [-0.3, -0.25) is 4.79 Å². The fraction of sp³-hybridized carbons (Fsp3) is 0.0714. The van der Waals surface area contributed by atoms with E-state index in [-0.39, 0.29) is 43.2 Å². The Morgan fingerprint density at radius 2 is 1.39 bits per heavy atom. The molecular weight excluding hydrogens is 427 g/mol. The molecule has 0 aliphatic carbocycles. The third-order valence-electron chi connectivity index (χ3n) is 2.60. The third-order valence-corrected chi connectivity index (χ3v) is 4.44. The number of carbonyl (C=O) groups is 1. The van der Waals surface area contributed by atoms with Crippen molar-refractivity contribution in [2.75, 3.05) is 11.9 Å². The first-order chi connectivity index (χ1) is 10.8. The van der Waals surface area contributed by atoms with E-state index in [2.05, 4.69) is 5.32 Å². The lowest BCUT2D eigenvalue weighted by Gasteiger charge is -2.12. The molecule has 0 radical (unpaired) electrons. The van der Waals surface area contributed by atoms with Crippen LogP contribution in [-0.2, 0) is 4.79 Å². The normalized spacial score (nSPS) is 10.5. The van der Waals surface area contributed by atoms with Crippen molar-refractivity contribution in [1.82, 2.24) is 0 Å². The molecule has 2 aromatic rings. The summed E-state index contributed by atoms with van der Waals surface area (Å²) in [7, 11) is 0. The number of anilines is 1. The summed E-state index contributed by atoms with van der Waals surface area (Å²) in [5, 5.41) is 4.09. The van der Waals surface area contributed by atoms with Gasteiger partial charge in [0.15, 0.2) is 6.61 Å². The molecule has 2 aromatic carbocycles. The number of benzene rings is 2. The van der Waals surface area contributed by atoms with Gasteiger partial charge in [0.2, 0.25) is 0 Å². The van der Waals surface area contributed by atoms with Gasteiger partial charge in [-0.15, -0.1) is 0 Å². The summed E-state index contributed by atoms with van der Waals surface area (Å²) in [5.74, 6) is -0.261. The van der Waals surface area contributed by atoms with Gasteiger partial charge in [-0.1, -0.05) is 69.6 Å². The molecule has 0 atom stereocenters. The van der Waals surface area contributed by atoms with E-state index >= 15 is 0 Å². The van der Waals surface area contributed by atoms with E-state index in [4.69, 9.17) is 74.3 Å². The third kappa shape index (κ3) is 4.96. The van der Waals surface area contributed by atoms with E-state index < -0.39 is 5.91 Å². The zero-order chi connectivity index (χ0) is 17.1. The van der Waals surface area contributed by atoms with Crippen LogP contribution < -0.4 is 10.1 Å². The van der Waals surface area contributed by atoms with Crippen molar-refractivity contribution in [2.45, 2.75) is 0 Å². The molecule has 0 bridgehead atoms. The van der Waals surface area contributed by atoms with Gasteiger partial charge in [-0.25, -0.2) is 0 Å². The highest BCUT2D eigenvalue weighted by Crippen LogP contribution is 2.35. The lowest BCUT2D eigenvalue weighted by atomic mass is 10.3. The Kier molecular flexibility index (Phi) is 6.55. The largest absolute Gasteiger partial charge is 0.482 e. The monoisotopic (exact) mass is 431 g/mol. The van der Waals surface area contributed by atoms with Crippen molar-refractivity contribution in [3.05, 3.63) is 54.4 Å². The molecule has 9 heteroatoms. The molecule has 0 spiro atoms. The summed E-state index contributed by atoms with van der Waals surface area (Å²) >= 11 is 35.4. The van der Waals surface area contributed by atoms with Crippen molar-refractivity contribution in [3.8, 4) is 5.75 Å². The number of nitrogens with one attached hydrogen (secondary N) is 1. The van der Waals surface area contributed by atoms with Gasteiger partial charge in [0.25, 0.3) is 5.91 Å². The molecule has 0 aromatic heterocycles. The number of hydrogen-bond acceptors (Lipinski definition) is 2. The van der Waals surface area contributed by atoms with Crippen LogP contribution in [0, 0.1) is 0 Å². The van der Waals surface area contributed by atoms with E-state index in [1.54, 1.807) is 0 Å². The van der Waals surface area contributed by atoms with Gasteiger partial charge in [0.1, 0.15) is 5.75 Å². The minimum Gasteiger partial charge on any atom is -0.482 e. The van der Waals surface area contributed by atoms with Crippen LogP contribution in [0.5, 0.6) is 5.75 Å². The predicted octanol–water partition coefficient (Wildman–Crippen LogP) is 6.62. The second-order valence-electron chi connectivity index (χ2n) is 4.28. The zero-order valence-corrected chi connectivity index (χ0v) is 15.6. The van der Waals surface area contributed by atoms with Gasteiger partial charge in [0.05, 0.1) is 30.8 Å². The average molecular weight is 434 g/mol. The number of carbonyl (C=O) groups excluding carboxylic acids is 1. The minimum atomic E-state index is -0.488. The predicted molar refractivity (Wildman–Crippen MR) is 97.1 cm³/mol. The summed E-state index contributed by atoms with van der Waals surface area (Å²) in [5.41, 5.74) is 0.242. The average Bonchev–Trinajstić information content (AvgIpc) is 2.45. The van der Waals surface area contributed by atoms with Crippen molar-refractivity contribution in [1.29, 1.82) is 0 Å². The molecule has 122 valence electrons. The van der Waals surface area contributed by atoms with Crippen molar-refractivity contribution < 1.29 is 9.53 Å². The Morgan fingerprint density at radius 1 is 0.826 bits per heavy atom. The summed E-state index contributed by atoms with van der Waals surface area (Å²) in [6.07, 6.45) is 0. The molecule has 23 heavy (non-hydrogen) atoms. The maximum absolute atomic E-state index is 11.9. The summed E-state index contributed by atoms with van der Waals surface area (Å²) in [6, 6.07) is 5.76. The van der Waals surface area contributed by atoms with Crippen molar-refractivity contribution >= 4 is 81.2 Å². The van der Waals surface area contributed by atoms with E-state index in [1.165, 1.54) is 24.3 Å². The molecule has 0 saturated heterocycles. The molecule has 1 N–H and O–H groups in total. The van der Waals surface area contributed by atoms with Gasteiger partial charge in [0, 0.05) is 11.1 Å². The standard InChI is InChI=1S/C14H7Cl6NO2/c15-6-1-10(19)14(11(20)2-6)21-13(22)5-23-12-4-8(17)7(16)3-9(12)18/h1-4H,5H2,(H,21,22). The molecule has 0 aliphatic rings.